The van der Waals surface area contributed by atoms with E-state index in [1.54, 1.807) is 6.07 Å². The number of nitrogens with zero attached hydrogens (tertiary/aromatic N) is 2. The van der Waals surface area contributed by atoms with Crippen molar-refractivity contribution in [2.24, 2.45) is 4.99 Å². The molecule has 0 aromatic heterocycles. The molecule has 0 aliphatic carbocycles. The molecular weight excluding hydrogens is 243 g/mol. The second kappa shape index (κ2) is 3.51. The molecule has 82 valence electrons. The van der Waals surface area contributed by atoms with Gasteiger partial charge in [-0.15, -0.1) is 0 Å². The molecule has 1 saturated heterocycles. The Morgan fingerprint density at radius 2 is 2.06 bits per heavy atom. The van der Waals surface area contributed by atoms with Gasteiger partial charge in [0.25, 0.3) is 0 Å². The van der Waals surface area contributed by atoms with E-state index in [2.05, 4.69) is 16.5 Å². The molecule has 0 saturated carbocycles. The monoisotopic (exact) mass is 252 g/mol. The normalized spacial score (nSPS) is 18.2. The number of amidine groups is 1. The van der Waals surface area contributed by atoms with E-state index in [1.165, 1.54) is 5.57 Å². The van der Waals surface area contributed by atoms with Crippen LogP contribution in [-0.4, -0.2) is 17.3 Å². The molecule has 2 nitrogen and oxygen atoms in total. The minimum atomic E-state index is 0.595. The topological polar surface area (TPSA) is 15.6 Å². The lowest BCUT2D eigenvalue weighted by molar-refractivity contribution is 0.463. The van der Waals surface area contributed by atoms with Crippen LogP contribution in [0.2, 0.25) is 10.0 Å². The van der Waals surface area contributed by atoms with Gasteiger partial charge in [-0.2, -0.15) is 0 Å². The van der Waals surface area contributed by atoms with Crippen LogP contribution in [0, 0.1) is 0 Å². The standard InChI is InChI=1S/C12H10Cl2N2/c1-7-4-11-15-10-3-2-9(13)12(14)8(10)6-16(11)5-7/h2-3H,1,4-6H2. The molecule has 0 unspecified atom stereocenters. The molecular formula is C12H10Cl2N2. The minimum absolute atomic E-state index is 0.595. The highest BCUT2D eigenvalue weighted by Gasteiger charge is 2.27. The maximum absolute atomic E-state index is 6.19. The molecule has 4 heteroatoms. The third-order valence-corrected chi connectivity index (χ3v) is 3.80. The van der Waals surface area contributed by atoms with Crippen LogP contribution in [0.15, 0.2) is 29.3 Å². The van der Waals surface area contributed by atoms with Gasteiger partial charge in [-0.05, 0) is 12.1 Å². The number of rotatable bonds is 0. The molecule has 16 heavy (non-hydrogen) atoms. The Morgan fingerprint density at radius 1 is 1.25 bits per heavy atom. The zero-order valence-electron chi connectivity index (χ0n) is 8.63. The summed E-state index contributed by atoms with van der Waals surface area (Å²) in [5.74, 6) is 1.09. The molecule has 2 heterocycles. The summed E-state index contributed by atoms with van der Waals surface area (Å²) in [7, 11) is 0. The lowest BCUT2D eigenvalue weighted by atomic mass is 10.1. The zero-order chi connectivity index (χ0) is 11.3. The Bertz CT molecular complexity index is 520. The van der Waals surface area contributed by atoms with Crippen molar-refractivity contribution in [1.82, 2.24) is 4.90 Å². The van der Waals surface area contributed by atoms with Crippen LogP contribution < -0.4 is 0 Å². The van der Waals surface area contributed by atoms with Gasteiger partial charge in [0.05, 0.1) is 15.7 Å². The maximum Gasteiger partial charge on any atom is 0.110 e. The Morgan fingerprint density at radius 3 is 2.88 bits per heavy atom. The fourth-order valence-electron chi connectivity index (χ4n) is 2.18. The number of hydrogen-bond acceptors (Lipinski definition) is 2. The van der Waals surface area contributed by atoms with E-state index in [9.17, 15) is 0 Å². The van der Waals surface area contributed by atoms with Gasteiger partial charge in [-0.25, -0.2) is 4.99 Å². The van der Waals surface area contributed by atoms with Crippen LogP contribution in [0.5, 0.6) is 0 Å². The van der Waals surface area contributed by atoms with Crippen molar-refractivity contribution < 1.29 is 0 Å². The van der Waals surface area contributed by atoms with Crippen molar-refractivity contribution in [1.29, 1.82) is 0 Å². The van der Waals surface area contributed by atoms with Gasteiger partial charge in [-0.1, -0.05) is 35.4 Å². The smallest absolute Gasteiger partial charge is 0.110 e. The molecule has 0 spiro atoms. The van der Waals surface area contributed by atoms with Crippen LogP contribution in [0.4, 0.5) is 5.69 Å². The highest BCUT2D eigenvalue weighted by molar-refractivity contribution is 6.42. The molecule has 0 N–H and O–H groups in total. The van der Waals surface area contributed by atoms with E-state index in [-0.39, 0.29) is 0 Å². The first-order chi connectivity index (χ1) is 7.65. The number of hydrogen-bond donors (Lipinski definition) is 0. The van der Waals surface area contributed by atoms with Gasteiger partial charge in [0.2, 0.25) is 0 Å². The van der Waals surface area contributed by atoms with Gasteiger partial charge in [0, 0.05) is 25.1 Å². The van der Waals surface area contributed by atoms with Gasteiger partial charge in [-0.3, -0.25) is 0 Å². The van der Waals surface area contributed by atoms with Crippen molar-refractivity contribution in [3.63, 3.8) is 0 Å². The number of benzene rings is 1. The first kappa shape index (κ1) is 10.2. The summed E-state index contributed by atoms with van der Waals surface area (Å²) in [6, 6.07) is 3.72. The number of fused-ring (bicyclic) bond motifs is 2. The molecule has 0 bridgehead atoms. The zero-order valence-corrected chi connectivity index (χ0v) is 10.1. The summed E-state index contributed by atoms with van der Waals surface area (Å²) in [5.41, 5.74) is 3.16. The quantitative estimate of drug-likeness (QED) is 0.642. The molecule has 1 aromatic rings. The maximum atomic E-state index is 6.19. The molecule has 3 rings (SSSR count). The van der Waals surface area contributed by atoms with Gasteiger partial charge in [0.1, 0.15) is 5.84 Å². The molecule has 0 radical (unpaired) electrons. The Kier molecular flexibility index (Phi) is 2.23. The van der Waals surface area contributed by atoms with Crippen LogP contribution in [0.1, 0.15) is 12.0 Å². The predicted octanol–water partition coefficient (Wildman–Crippen LogP) is 3.80. The largest absolute Gasteiger partial charge is 0.351 e. The van der Waals surface area contributed by atoms with Crippen LogP contribution >= 0.6 is 23.2 Å². The van der Waals surface area contributed by atoms with Crippen molar-refractivity contribution in [2.75, 3.05) is 6.54 Å². The third kappa shape index (κ3) is 1.45. The molecule has 2 aliphatic rings. The van der Waals surface area contributed by atoms with E-state index >= 15 is 0 Å². The van der Waals surface area contributed by atoms with Crippen LogP contribution in [-0.2, 0) is 6.54 Å². The molecule has 0 amide bonds. The fourth-order valence-corrected chi connectivity index (χ4v) is 2.57. The third-order valence-electron chi connectivity index (χ3n) is 2.96. The number of halogens is 2. The van der Waals surface area contributed by atoms with Crippen molar-refractivity contribution in [3.05, 3.63) is 39.9 Å². The first-order valence-electron chi connectivity index (χ1n) is 5.11. The summed E-state index contributed by atoms with van der Waals surface area (Å²) in [6.07, 6.45) is 0.875. The predicted molar refractivity (Wildman–Crippen MR) is 67.7 cm³/mol. The van der Waals surface area contributed by atoms with E-state index in [0.29, 0.717) is 10.0 Å². The molecule has 2 aliphatic heterocycles. The Labute approximate surface area is 104 Å². The lowest BCUT2D eigenvalue weighted by Gasteiger charge is -2.25. The van der Waals surface area contributed by atoms with E-state index in [0.717, 1.165) is 36.6 Å². The summed E-state index contributed by atoms with van der Waals surface area (Å²) in [4.78, 5) is 6.80. The van der Waals surface area contributed by atoms with Crippen molar-refractivity contribution >= 4 is 34.7 Å². The Balaban J connectivity index is 2.12. The molecule has 1 fully saturated rings. The fraction of sp³-hybridized carbons (Fsp3) is 0.250. The summed E-state index contributed by atoms with van der Waals surface area (Å²) in [5, 5.41) is 1.22. The van der Waals surface area contributed by atoms with Crippen molar-refractivity contribution in [2.45, 2.75) is 13.0 Å². The average Bonchev–Trinajstić information content (AvgIpc) is 2.61. The molecule has 1 aromatic carbocycles. The second-order valence-corrected chi connectivity index (χ2v) is 4.96. The average molecular weight is 253 g/mol. The van der Waals surface area contributed by atoms with Crippen molar-refractivity contribution in [3.8, 4) is 0 Å². The highest BCUT2D eigenvalue weighted by Crippen LogP contribution is 2.38. The summed E-state index contributed by atoms with van der Waals surface area (Å²) >= 11 is 12.2. The summed E-state index contributed by atoms with van der Waals surface area (Å²) < 4.78 is 0. The Hall–Kier alpha value is -0.990. The van der Waals surface area contributed by atoms with Gasteiger partial charge < -0.3 is 4.90 Å². The van der Waals surface area contributed by atoms with E-state index in [1.807, 2.05) is 6.07 Å². The number of aliphatic imine (C=N–C) groups is 1. The van der Waals surface area contributed by atoms with Crippen LogP contribution in [0.3, 0.4) is 0 Å². The SMILES string of the molecule is C=C1CC2=Nc3ccc(Cl)c(Cl)c3CN2C1. The first-order valence-corrected chi connectivity index (χ1v) is 5.87. The molecule has 0 atom stereocenters. The minimum Gasteiger partial charge on any atom is -0.351 e. The van der Waals surface area contributed by atoms with Crippen LogP contribution in [0.25, 0.3) is 0 Å². The van der Waals surface area contributed by atoms with E-state index in [4.69, 9.17) is 23.2 Å². The van der Waals surface area contributed by atoms with Gasteiger partial charge >= 0.3 is 0 Å². The van der Waals surface area contributed by atoms with Gasteiger partial charge in [0.15, 0.2) is 0 Å². The second-order valence-electron chi connectivity index (χ2n) is 4.17. The van der Waals surface area contributed by atoms with E-state index < -0.39 is 0 Å². The summed E-state index contributed by atoms with van der Waals surface area (Å²) in [6.45, 7) is 5.66. The highest BCUT2D eigenvalue weighted by atomic mass is 35.5. The lowest BCUT2D eigenvalue weighted by Crippen LogP contribution is -2.27.